The Kier molecular flexibility index (Phi) is 5.68. The second-order valence-electron chi connectivity index (χ2n) is 5.08. The Morgan fingerprint density at radius 3 is 2.44 bits per heavy atom. The van der Waals surface area contributed by atoms with Gasteiger partial charge in [0.15, 0.2) is 0 Å². The van der Waals surface area contributed by atoms with E-state index < -0.39 is 10.2 Å². The Morgan fingerprint density at radius 2 is 2.00 bits per heavy atom. The van der Waals surface area contributed by atoms with E-state index in [-0.39, 0.29) is 23.9 Å². The number of nitrogens with one attached hydrogen (secondary N) is 1. The smallest absolute Gasteiger partial charge is 0.279 e. The van der Waals surface area contributed by atoms with Gasteiger partial charge in [-0.05, 0) is 11.8 Å². The van der Waals surface area contributed by atoms with Crippen LogP contribution in [-0.2, 0) is 10.2 Å². The number of nitrogens with zero attached hydrogens (tertiary/aromatic N) is 1. The highest BCUT2D eigenvalue weighted by molar-refractivity contribution is 7.87. The number of rotatable bonds is 2. The van der Waals surface area contributed by atoms with E-state index in [9.17, 15) is 8.42 Å². The van der Waals surface area contributed by atoms with E-state index in [4.69, 9.17) is 5.73 Å². The average molecular weight is 272 g/mol. The van der Waals surface area contributed by atoms with Crippen molar-refractivity contribution < 1.29 is 8.42 Å². The van der Waals surface area contributed by atoms with Crippen molar-refractivity contribution in [1.82, 2.24) is 9.03 Å². The molecule has 0 bridgehead atoms. The highest BCUT2D eigenvalue weighted by Gasteiger charge is 2.30. The normalized spacial score (nSPS) is 23.5. The first-order valence-electron chi connectivity index (χ1n) is 5.24. The summed E-state index contributed by atoms with van der Waals surface area (Å²) in [4.78, 5) is 0. The molecule has 0 aliphatic carbocycles. The molecule has 1 fully saturated rings. The second kappa shape index (κ2) is 5.64. The SMILES string of the molecule is CC(C)(C)[C@H](N)CN1CCCNS1(=O)=O.Cl. The number of hydrogen-bond acceptors (Lipinski definition) is 3. The van der Waals surface area contributed by atoms with Crippen molar-refractivity contribution in [3.8, 4) is 0 Å². The number of nitrogens with two attached hydrogens (primary N) is 1. The predicted octanol–water partition coefficient (Wildman–Crippen LogP) is 0.322. The maximum absolute atomic E-state index is 11.6. The molecule has 0 aromatic heterocycles. The molecule has 1 aliphatic heterocycles. The van der Waals surface area contributed by atoms with Crippen molar-refractivity contribution in [2.75, 3.05) is 19.6 Å². The third-order valence-electron chi connectivity index (χ3n) is 2.72. The van der Waals surface area contributed by atoms with Gasteiger partial charge in [0.1, 0.15) is 0 Å². The van der Waals surface area contributed by atoms with Gasteiger partial charge in [-0.25, -0.2) is 4.72 Å². The summed E-state index contributed by atoms with van der Waals surface area (Å²) in [5.41, 5.74) is 5.89. The van der Waals surface area contributed by atoms with E-state index in [0.717, 1.165) is 6.42 Å². The van der Waals surface area contributed by atoms with Crippen molar-refractivity contribution >= 4 is 22.6 Å². The molecule has 0 aromatic rings. The highest BCUT2D eigenvalue weighted by atomic mass is 35.5. The molecule has 0 amide bonds. The van der Waals surface area contributed by atoms with Crippen molar-refractivity contribution in [1.29, 1.82) is 0 Å². The van der Waals surface area contributed by atoms with Gasteiger partial charge in [0.2, 0.25) is 0 Å². The average Bonchev–Trinajstić information content (AvgIpc) is 2.06. The van der Waals surface area contributed by atoms with Crippen LogP contribution >= 0.6 is 12.4 Å². The Morgan fingerprint density at radius 1 is 1.44 bits per heavy atom. The molecular formula is C9H22ClN3O2S. The summed E-state index contributed by atoms with van der Waals surface area (Å²) in [6.07, 6.45) is 0.843. The van der Waals surface area contributed by atoms with Crippen molar-refractivity contribution in [3.63, 3.8) is 0 Å². The quantitative estimate of drug-likeness (QED) is 0.760. The van der Waals surface area contributed by atoms with Crippen molar-refractivity contribution in [3.05, 3.63) is 0 Å². The van der Waals surface area contributed by atoms with E-state index in [2.05, 4.69) is 4.72 Å². The zero-order valence-corrected chi connectivity index (χ0v) is 11.7. The summed E-state index contributed by atoms with van der Waals surface area (Å²) in [7, 11) is -3.28. The summed E-state index contributed by atoms with van der Waals surface area (Å²) in [6, 6.07) is -0.146. The lowest BCUT2D eigenvalue weighted by atomic mass is 9.87. The van der Waals surface area contributed by atoms with Gasteiger partial charge in [-0.1, -0.05) is 20.8 Å². The molecule has 0 radical (unpaired) electrons. The summed E-state index contributed by atoms with van der Waals surface area (Å²) in [6.45, 7) is 7.53. The molecular weight excluding hydrogens is 250 g/mol. The van der Waals surface area contributed by atoms with Gasteiger partial charge in [-0.3, -0.25) is 0 Å². The van der Waals surface area contributed by atoms with E-state index in [1.54, 1.807) is 0 Å². The van der Waals surface area contributed by atoms with Gasteiger partial charge >= 0.3 is 0 Å². The van der Waals surface area contributed by atoms with E-state index >= 15 is 0 Å². The van der Waals surface area contributed by atoms with Gasteiger partial charge in [0.05, 0.1) is 0 Å². The molecule has 0 unspecified atom stereocenters. The van der Waals surface area contributed by atoms with Crippen LogP contribution in [0, 0.1) is 5.41 Å². The van der Waals surface area contributed by atoms with Crippen LogP contribution < -0.4 is 10.5 Å². The molecule has 1 aliphatic rings. The molecule has 5 nitrogen and oxygen atoms in total. The van der Waals surface area contributed by atoms with Gasteiger partial charge in [0.25, 0.3) is 10.2 Å². The topological polar surface area (TPSA) is 75.4 Å². The number of hydrogen-bond donors (Lipinski definition) is 2. The van der Waals surface area contributed by atoms with E-state index in [1.165, 1.54) is 4.31 Å². The molecule has 0 saturated carbocycles. The molecule has 3 N–H and O–H groups in total. The maximum Gasteiger partial charge on any atom is 0.279 e. The lowest BCUT2D eigenvalue weighted by Crippen LogP contribution is -2.53. The third-order valence-corrected chi connectivity index (χ3v) is 4.30. The van der Waals surface area contributed by atoms with E-state index in [1.807, 2.05) is 20.8 Å². The Bertz CT molecular complexity index is 313. The van der Waals surface area contributed by atoms with Gasteiger partial charge in [-0.15, -0.1) is 12.4 Å². The highest BCUT2D eigenvalue weighted by Crippen LogP contribution is 2.19. The van der Waals surface area contributed by atoms with Crippen LogP contribution in [0.15, 0.2) is 0 Å². The lowest BCUT2D eigenvalue weighted by Gasteiger charge is -2.34. The fourth-order valence-electron chi connectivity index (χ4n) is 1.35. The minimum Gasteiger partial charge on any atom is -0.326 e. The van der Waals surface area contributed by atoms with Crippen LogP contribution in [0.3, 0.4) is 0 Å². The standard InChI is InChI=1S/C9H21N3O2S.ClH/c1-9(2,3)8(10)7-12-6-4-5-11-15(12,13)14;/h8,11H,4-7,10H2,1-3H3;1H/t8-;/m1./s1. The fourth-order valence-corrected chi connectivity index (χ4v) is 2.66. The largest absolute Gasteiger partial charge is 0.326 e. The van der Waals surface area contributed by atoms with Crippen LogP contribution in [0.25, 0.3) is 0 Å². The molecule has 1 rings (SSSR count). The minimum absolute atomic E-state index is 0. The van der Waals surface area contributed by atoms with Crippen LogP contribution in [-0.4, -0.2) is 38.4 Å². The van der Waals surface area contributed by atoms with Gasteiger partial charge < -0.3 is 5.73 Å². The molecule has 0 aromatic carbocycles. The first-order chi connectivity index (χ1) is 6.73. The molecule has 98 valence electrons. The van der Waals surface area contributed by atoms with Crippen molar-refractivity contribution in [2.45, 2.75) is 33.2 Å². The zero-order chi connectivity index (χ0) is 11.7. The van der Waals surface area contributed by atoms with Crippen LogP contribution in [0.5, 0.6) is 0 Å². The summed E-state index contributed by atoms with van der Waals surface area (Å²) in [5, 5.41) is 0. The summed E-state index contributed by atoms with van der Waals surface area (Å²) < 4.78 is 27.2. The monoisotopic (exact) mass is 271 g/mol. The summed E-state index contributed by atoms with van der Waals surface area (Å²) in [5.74, 6) is 0. The number of halogens is 1. The Balaban J connectivity index is 0.00000225. The van der Waals surface area contributed by atoms with Crippen LogP contribution in [0.1, 0.15) is 27.2 Å². The van der Waals surface area contributed by atoms with Gasteiger partial charge in [-0.2, -0.15) is 12.7 Å². The molecule has 16 heavy (non-hydrogen) atoms. The summed E-state index contributed by atoms with van der Waals surface area (Å²) >= 11 is 0. The Hall–Kier alpha value is 0.120. The first-order valence-corrected chi connectivity index (χ1v) is 6.68. The molecule has 1 heterocycles. The maximum atomic E-state index is 11.6. The third kappa shape index (κ3) is 4.18. The first kappa shape index (κ1) is 16.1. The fraction of sp³-hybridized carbons (Fsp3) is 1.00. The van der Waals surface area contributed by atoms with Crippen LogP contribution in [0.2, 0.25) is 0 Å². The second-order valence-corrected chi connectivity index (χ2v) is 6.84. The van der Waals surface area contributed by atoms with Gasteiger partial charge in [0, 0.05) is 25.7 Å². The minimum atomic E-state index is -3.28. The lowest BCUT2D eigenvalue weighted by molar-refractivity contribution is 0.256. The molecule has 0 spiro atoms. The van der Waals surface area contributed by atoms with Crippen LogP contribution in [0.4, 0.5) is 0 Å². The van der Waals surface area contributed by atoms with Crippen molar-refractivity contribution in [2.24, 2.45) is 11.1 Å². The molecule has 7 heteroatoms. The zero-order valence-electron chi connectivity index (χ0n) is 10.1. The predicted molar refractivity (Wildman–Crippen MR) is 67.8 cm³/mol. The molecule has 1 saturated heterocycles. The Labute approximate surface area is 104 Å². The molecule has 1 atom stereocenters. The van der Waals surface area contributed by atoms with E-state index in [0.29, 0.717) is 19.6 Å².